The maximum absolute atomic E-state index is 9.90. The Labute approximate surface area is 132 Å². The van der Waals surface area contributed by atoms with Crippen LogP contribution in [0.15, 0.2) is 0 Å². The predicted octanol–water partition coefficient (Wildman–Crippen LogP) is -3.71. The minimum Gasteiger partial charge on any atom is -0.394 e. The van der Waals surface area contributed by atoms with Crippen molar-refractivity contribution in [2.45, 2.75) is 61.7 Å². The van der Waals surface area contributed by atoms with Gasteiger partial charge in [-0.2, -0.15) is 0 Å². The lowest BCUT2D eigenvalue weighted by molar-refractivity contribution is -0.317. The van der Waals surface area contributed by atoms with Crippen molar-refractivity contribution in [3.8, 4) is 0 Å². The molecule has 2 aliphatic rings. The fourth-order valence-electron chi connectivity index (χ4n) is 2.60. The Morgan fingerprint density at radius 1 is 0.913 bits per heavy atom. The summed E-state index contributed by atoms with van der Waals surface area (Å²) in [6.07, 6.45) is -10.8. The zero-order valence-corrected chi connectivity index (χ0v) is 12.6. The first-order valence-corrected chi connectivity index (χ1v) is 7.35. The monoisotopic (exact) mass is 340 g/mol. The third-order valence-electron chi connectivity index (χ3n) is 4.07. The van der Waals surface area contributed by atoms with E-state index >= 15 is 0 Å². The Kier molecular flexibility index (Phi) is 6.68. The van der Waals surface area contributed by atoms with Crippen LogP contribution in [0.25, 0.3) is 0 Å². The summed E-state index contributed by atoms with van der Waals surface area (Å²) < 4.78 is 20.8. The van der Waals surface area contributed by atoms with Crippen molar-refractivity contribution in [2.75, 3.05) is 20.3 Å². The number of aliphatic hydroxyl groups excluding tert-OH is 6. The summed E-state index contributed by atoms with van der Waals surface area (Å²) in [5, 5.41) is 57.9. The number of ether oxygens (including phenoxy) is 4. The van der Waals surface area contributed by atoms with Crippen LogP contribution >= 0.6 is 0 Å². The molecule has 0 bridgehead atoms. The maximum atomic E-state index is 9.90. The van der Waals surface area contributed by atoms with Gasteiger partial charge in [0, 0.05) is 13.5 Å². The van der Waals surface area contributed by atoms with Gasteiger partial charge in [-0.1, -0.05) is 0 Å². The van der Waals surface area contributed by atoms with Gasteiger partial charge in [-0.3, -0.25) is 0 Å². The molecule has 2 saturated heterocycles. The lowest BCUT2D eigenvalue weighted by Gasteiger charge is -2.41. The summed E-state index contributed by atoms with van der Waals surface area (Å²) in [6, 6.07) is 0. The second-order valence-corrected chi connectivity index (χ2v) is 5.66. The zero-order chi connectivity index (χ0) is 17.1. The van der Waals surface area contributed by atoms with Crippen molar-refractivity contribution >= 4 is 0 Å². The first kappa shape index (κ1) is 18.9. The molecule has 10 nitrogen and oxygen atoms in total. The van der Waals surface area contributed by atoms with E-state index in [2.05, 4.69) is 0 Å². The number of hydrogen-bond donors (Lipinski definition) is 6. The van der Waals surface area contributed by atoms with Crippen LogP contribution in [0.1, 0.15) is 6.42 Å². The van der Waals surface area contributed by atoms with E-state index in [1.807, 2.05) is 0 Å². The average molecular weight is 340 g/mol. The Balaban J connectivity index is 1.93. The predicted molar refractivity (Wildman–Crippen MR) is 72.0 cm³/mol. The van der Waals surface area contributed by atoms with E-state index in [9.17, 15) is 25.5 Å². The molecular weight excluding hydrogens is 316 g/mol. The van der Waals surface area contributed by atoms with Gasteiger partial charge in [0.2, 0.25) is 0 Å². The largest absolute Gasteiger partial charge is 0.394 e. The molecule has 0 saturated carbocycles. The molecule has 9 atom stereocenters. The molecule has 0 aromatic rings. The summed E-state index contributed by atoms with van der Waals surface area (Å²) in [5.41, 5.74) is 0. The van der Waals surface area contributed by atoms with Crippen LogP contribution in [-0.4, -0.2) is 106 Å². The third-order valence-corrected chi connectivity index (χ3v) is 4.07. The highest BCUT2D eigenvalue weighted by molar-refractivity contribution is 4.89. The second-order valence-electron chi connectivity index (χ2n) is 5.66. The lowest BCUT2D eigenvalue weighted by Crippen LogP contribution is -2.60. The summed E-state index contributed by atoms with van der Waals surface area (Å²) in [6.45, 7) is -0.835. The molecule has 0 radical (unpaired) electrons. The molecule has 0 aliphatic carbocycles. The Morgan fingerprint density at radius 2 is 1.61 bits per heavy atom. The number of hydrogen-bond acceptors (Lipinski definition) is 10. The van der Waals surface area contributed by atoms with E-state index in [0.29, 0.717) is 0 Å². The summed E-state index contributed by atoms with van der Waals surface area (Å²) in [7, 11) is 1.39. The minimum absolute atomic E-state index is 0.105. The fraction of sp³-hybridized carbons (Fsp3) is 1.00. The average Bonchev–Trinajstić information content (AvgIpc) is 2.55. The van der Waals surface area contributed by atoms with Crippen molar-refractivity contribution in [3.63, 3.8) is 0 Å². The Bertz CT molecular complexity index is 367. The lowest BCUT2D eigenvalue weighted by atomic mass is 9.99. The van der Waals surface area contributed by atoms with Gasteiger partial charge in [-0.15, -0.1) is 0 Å². The van der Waals surface area contributed by atoms with Crippen LogP contribution in [0.2, 0.25) is 0 Å². The highest BCUT2D eigenvalue weighted by Crippen LogP contribution is 2.25. The van der Waals surface area contributed by atoms with Crippen LogP contribution < -0.4 is 0 Å². The van der Waals surface area contributed by atoms with Gasteiger partial charge in [-0.25, -0.2) is 0 Å². The molecule has 6 N–H and O–H groups in total. The fourth-order valence-corrected chi connectivity index (χ4v) is 2.60. The molecule has 0 amide bonds. The molecule has 136 valence electrons. The number of aliphatic hydroxyl groups is 6. The van der Waals surface area contributed by atoms with Crippen molar-refractivity contribution < 1.29 is 49.6 Å². The zero-order valence-electron chi connectivity index (χ0n) is 12.6. The highest BCUT2D eigenvalue weighted by Gasteiger charge is 2.45. The molecule has 0 aromatic carbocycles. The molecular formula is C13H24O10. The number of methoxy groups -OCH3 is 1. The van der Waals surface area contributed by atoms with Gasteiger partial charge >= 0.3 is 0 Å². The molecule has 2 rings (SSSR count). The maximum Gasteiger partial charge on any atom is 0.186 e. The van der Waals surface area contributed by atoms with Crippen molar-refractivity contribution in [1.29, 1.82) is 0 Å². The SMILES string of the molecule is CO[C@@H]1C[C@@H](O)[C@@H](O)[C@@H](CO[C@@H]2O[C@H](CO)[C@H](O)[C@H](O)[C@H]2O)O1. The quantitative estimate of drug-likeness (QED) is 0.294. The molecule has 2 aliphatic heterocycles. The topological polar surface area (TPSA) is 158 Å². The standard InChI is InChI=1S/C13H24O10/c1-20-8-2-5(15)9(16)7(22-8)4-21-13-12(19)11(18)10(17)6(3-14)23-13/h5-19H,2-4H2,1H3/t5-,6-,7-,8+,9-,10+,11+,12-,13-/m1/s1. The molecule has 23 heavy (non-hydrogen) atoms. The van der Waals surface area contributed by atoms with Gasteiger partial charge in [0.25, 0.3) is 0 Å². The summed E-state index contributed by atoms with van der Waals surface area (Å²) in [5.74, 6) is 0. The Hall–Kier alpha value is -0.400. The third kappa shape index (κ3) is 4.17. The molecule has 0 spiro atoms. The van der Waals surface area contributed by atoms with Gasteiger partial charge in [0.05, 0.1) is 19.3 Å². The molecule has 0 unspecified atom stereocenters. The van der Waals surface area contributed by atoms with Crippen LogP contribution in [-0.2, 0) is 18.9 Å². The highest BCUT2D eigenvalue weighted by atomic mass is 16.7. The van der Waals surface area contributed by atoms with E-state index in [4.69, 9.17) is 24.1 Å². The molecule has 2 heterocycles. The molecule has 0 aromatic heterocycles. The van der Waals surface area contributed by atoms with Crippen LogP contribution in [0, 0.1) is 0 Å². The van der Waals surface area contributed by atoms with Crippen LogP contribution in [0.5, 0.6) is 0 Å². The number of rotatable bonds is 5. The van der Waals surface area contributed by atoms with Crippen LogP contribution in [0.4, 0.5) is 0 Å². The second kappa shape index (κ2) is 8.12. The smallest absolute Gasteiger partial charge is 0.186 e. The van der Waals surface area contributed by atoms with Gasteiger partial charge < -0.3 is 49.6 Å². The van der Waals surface area contributed by atoms with Crippen molar-refractivity contribution in [2.24, 2.45) is 0 Å². The Morgan fingerprint density at radius 3 is 2.22 bits per heavy atom. The van der Waals surface area contributed by atoms with Gasteiger partial charge in [0.15, 0.2) is 12.6 Å². The van der Waals surface area contributed by atoms with E-state index in [1.165, 1.54) is 7.11 Å². The summed E-state index contributed by atoms with van der Waals surface area (Å²) >= 11 is 0. The molecule has 10 heteroatoms. The van der Waals surface area contributed by atoms with Crippen LogP contribution in [0.3, 0.4) is 0 Å². The molecule has 2 fully saturated rings. The van der Waals surface area contributed by atoms with Crippen molar-refractivity contribution in [3.05, 3.63) is 0 Å². The summed E-state index contributed by atoms with van der Waals surface area (Å²) in [4.78, 5) is 0. The van der Waals surface area contributed by atoms with Crippen molar-refractivity contribution in [1.82, 2.24) is 0 Å². The van der Waals surface area contributed by atoms with E-state index in [1.54, 1.807) is 0 Å². The van der Waals surface area contributed by atoms with Gasteiger partial charge in [0.1, 0.15) is 36.6 Å². The van der Waals surface area contributed by atoms with E-state index < -0.39 is 61.9 Å². The van der Waals surface area contributed by atoms with E-state index in [0.717, 1.165) is 0 Å². The van der Waals surface area contributed by atoms with E-state index in [-0.39, 0.29) is 13.0 Å². The first-order chi connectivity index (χ1) is 10.9. The first-order valence-electron chi connectivity index (χ1n) is 7.35. The van der Waals surface area contributed by atoms with Gasteiger partial charge in [-0.05, 0) is 0 Å². The minimum atomic E-state index is -1.56. The normalized spacial score (nSPS) is 48.4.